The first-order valence-electron chi connectivity index (χ1n) is 35.3. The molecule has 0 saturated carbocycles. The summed E-state index contributed by atoms with van der Waals surface area (Å²) >= 11 is 0. The molecule has 6 heteroatoms. The van der Waals surface area contributed by atoms with Gasteiger partial charge in [0.05, 0.1) is 66.9 Å². The number of para-hydroxylation sites is 4. The number of benzene rings is 15. The molecule has 6 heterocycles. The van der Waals surface area contributed by atoms with Crippen molar-refractivity contribution in [1.82, 2.24) is 29.9 Å². The zero-order chi connectivity index (χ0) is 68.6. The third-order valence-corrected chi connectivity index (χ3v) is 20.7. The SMILES string of the molecule is c1ccc(-c2c3ccccc3nc3c2ccc2ccc(-c4c5ccccc5c(-c5ccc(-c6ccc7ccccc7n6)cc5)c5ccccc45)nc23)cc1.c1ccc(-c2c3ccccc3nc3c2ccc2ccc(-c4ccc(-c5ccc(-c6ccc7ccccc7n6)cc5)c5ccccc45)nc23)cc1. The van der Waals surface area contributed by atoms with Crippen molar-refractivity contribution in [3.8, 4) is 89.5 Å². The molecule has 0 atom stereocenters. The molecule has 0 bridgehead atoms. The Morgan fingerprint density at radius 1 is 0.135 bits per heavy atom. The van der Waals surface area contributed by atoms with Crippen LogP contribution in [0, 0.1) is 0 Å². The lowest BCUT2D eigenvalue weighted by Gasteiger charge is -2.18. The average Bonchev–Trinajstić information content (AvgIpc) is 0.732. The van der Waals surface area contributed by atoms with Gasteiger partial charge in [-0.3, -0.25) is 0 Å². The Hall–Kier alpha value is -13.9. The lowest BCUT2D eigenvalue weighted by molar-refractivity contribution is 1.40. The molecule has 0 saturated heterocycles. The largest absolute Gasteiger partial charge is 0.248 e. The third kappa shape index (κ3) is 10.3. The van der Waals surface area contributed by atoms with Crippen molar-refractivity contribution < 1.29 is 0 Å². The first-order valence-corrected chi connectivity index (χ1v) is 35.3. The average molecular weight is 1320 g/mol. The van der Waals surface area contributed by atoms with Crippen molar-refractivity contribution in [3.05, 3.63) is 364 Å². The Kier molecular flexibility index (Phi) is 14.5. The molecule has 6 nitrogen and oxygen atoms in total. The maximum Gasteiger partial charge on any atom is 0.0978 e. The van der Waals surface area contributed by atoms with Crippen LogP contribution in [-0.4, -0.2) is 29.9 Å². The fourth-order valence-corrected chi connectivity index (χ4v) is 15.8. The highest BCUT2D eigenvalue weighted by molar-refractivity contribution is 6.23. The maximum absolute atomic E-state index is 5.52. The predicted octanol–water partition coefficient (Wildman–Crippen LogP) is 25.8. The fourth-order valence-electron chi connectivity index (χ4n) is 15.8. The summed E-state index contributed by atoms with van der Waals surface area (Å²) in [6.07, 6.45) is 0. The Balaban J connectivity index is 0.000000139. The molecular weight excluding hydrogens is 1260 g/mol. The molecule has 21 aromatic rings. The molecule has 104 heavy (non-hydrogen) atoms. The van der Waals surface area contributed by atoms with E-state index in [9.17, 15) is 0 Å². The van der Waals surface area contributed by atoms with E-state index in [4.69, 9.17) is 29.9 Å². The first kappa shape index (κ1) is 60.1. The van der Waals surface area contributed by atoms with E-state index in [0.29, 0.717) is 0 Å². The van der Waals surface area contributed by atoms with Gasteiger partial charge in [0, 0.05) is 76.5 Å². The zero-order valence-corrected chi connectivity index (χ0v) is 56.3. The molecule has 0 radical (unpaired) electrons. The van der Waals surface area contributed by atoms with E-state index in [1.165, 1.54) is 76.8 Å². The highest BCUT2D eigenvalue weighted by Crippen LogP contribution is 2.46. The molecule has 0 N–H and O–H groups in total. The second kappa shape index (κ2) is 25.0. The Bertz CT molecular complexity index is 6960. The van der Waals surface area contributed by atoms with Gasteiger partial charge in [-0.15, -0.1) is 0 Å². The van der Waals surface area contributed by atoms with E-state index in [2.05, 4.69) is 346 Å². The van der Waals surface area contributed by atoms with Gasteiger partial charge < -0.3 is 0 Å². The van der Waals surface area contributed by atoms with Crippen molar-refractivity contribution in [2.45, 2.75) is 0 Å². The zero-order valence-electron chi connectivity index (χ0n) is 56.3. The van der Waals surface area contributed by atoms with Crippen LogP contribution in [0.3, 0.4) is 0 Å². The lowest BCUT2D eigenvalue weighted by Crippen LogP contribution is -1.95. The molecule has 0 fully saturated rings. The quantitative estimate of drug-likeness (QED) is 0.111. The summed E-state index contributed by atoms with van der Waals surface area (Å²) < 4.78 is 0. The molecule has 0 spiro atoms. The van der Waals surface area contributed by atoms with E-state index < -0.39 is 0 Å². The van der Waals surface area contributed by atoms with Crippen LogP contribution in [0.4, 0.5) is 0 Å². The summed E-state index contributed by atoms with van der Waals surface area (Å²) in [7, 11) is 0. The van der Waals surface area contributed by atoms with E-state index in [1.54, 1.807) is 0 Å². The van der Waals surface area contributed by atoms with Gasteiger partial charge in [0.2, 0.25) is 0 Å². The molecule has 0 aliphatic rings. The van der Waals surface area contributed by atoms with Gasteiger partial charge in [0.25, 0.3) is 0 Å². The van der Waals surface area contributed by atoms with Crippen LogP contribution < -0.4 is 0 Å². The number of pyridine rings is 6. The van der Waals surface area contributed by atoms with Gasteiger partial charge in [-0.1, -0.05) is 315 Å². The van der Waals surface area contributed by atoms with E-state index in [0.717, 1.165) is 132 Å². The number of aromatic nitrogens is 6. The molecule has 0 aliphatic carbocycles. The summed E-state index contributed by atoms with van der Waals surface area (Å²) in [5.74, 6) is 0. The summed E-state index contributed by atoms with van der Waals surface area (Å²) in [6, 6.07) is 129. The number of nitrogens with zero attached hydrogens (tertiary/aromatic N) is 6. The van der Waals surface area contributed by atoms with Gasteiger partial charge in [0.1, 0.15) is 0 Å². The standard InChI is InChI=1S/C51H31N3.C47H29N3/c1-2-13-34(14-3-1)48-41-19-9-11-21-45(41)53-51-42(48)29-26-36-28-31-46(54-50(36)51)49-39-17-7-5-15-37(39)47(38-16-6-8-18-40(38)49)35-24-22-33(23-25-35)44-30-27-32-12-4-10-20-43(32)52-44;1-2-11-33(12-3-1)45-39-15-7-9-17-43(39)50-47-40(45)25-22-34-24-29-44(49-46(34)47)38-27-26-35(36-13-5-6-14-37(36)38)30-18-20-32(21-19-30)42-28-23-31-10-4-8-16-41(31)48-42/h1-31H;1-29H. The van der Waals surface area contributed by atoms with Crippen LogP contribution in [0.25, 0.3) is 209 Å². The van der Waals surface area contributed by atoms with Gasteiger partial charge >= 0.3 is 0 Å². The second-order valence-corrected chi connectivity index (χ2v) is 26.7. The number of rotatable bonds is 8. The summed E-state index contributed by atoms with van der Waals surface area (Å²) in [5.41, 5.74) is 25.3. The molecule has 482 valence electrons. The van der Waals surface area contributed by atoms with Gasteiger partial charge in [-0.2, -0.15) is 0 Å². The van der Waals surface area contributed by atoms with Gasteiger partial charge in [0.15, 0.2) is 0 Å². The molecule has 6 aromatic heterocycles. The maximum atomic E-state index is 5.52. The number of hydrogen-bond donors (Lipinski definition) is 0. The third-order valence-electron chi connectivity index (χ3n) is 20.7. The monoisotopic (exact) mass is 1320 g/mol. The van der Waals surface area contributed by atoms with Crippen molar-refractivity contribution in [1.29, 1.82) is 0 Å². The molecule has 0 amide bonds. The Labute approximate surface area is 599 Å². The molecule has 15 aromatic carbocycles. The van der Waals surface area contributed by atoms with Gasteiger partial charge in [-0.25, -0.2) is 29.9 Å². The summed E-state index contributed by atoms with van der Waals surface area (Å²) in [4.78, 5) is 31.2. The van der Waals surface area contributed by atoms with E-state index >= 15 is 0 Å². The molecule has 21 rings (SSSR count). The predicted molar refractivity (Wildman–Crippen MR) is 436 cm³/mol. The fraction of sp³-hybridized carbons (Fsp3) is 0. The normalized spacial score (nSPS) is 11.7. The first-order chi connectivity index (χ1) is 51.6. The highest BCUT2D eigenvalue weighted by atomic mass is 14.8. The second-order valence-electron chi connectivity index (χ2n) is 26.7. The molecule has 0 aliphatic heterocycles. The topological polar surface area (TPSA) is 77.3 Å². The Morgan fingerprint density at radius 2 is 0.462 bits per heavy atom. The van der Waals surface area contributed by atoms with E-state index in [-0.39, 0.29) is 0 Å². The van der Waals surface area contributed by atoms with Crippen molar-refractivity contribution in [3.63, 3.8) is 0 Å². The summed E-state index contributed by atoms with van der Waals surface area (Å²) in [6.45, 7) is 0. The Morgan fingerprint density at radius 3 is 0.962 bits per heavy atom. The van der Waals surface area contributed by atoms with Crippen LogP contribution in [0.1, 0.15) is 0 Å². The minimum Gasteiger partial charge on any atom is -0.248 e. The lowest BCUT2D eigenvalue weighted by atomic mass is 9.87. The minimum absolute atomic E-state index is 0.906. The molecule has 0 unspecified atom stereocenters. The van der Waals surface area contributed by atoms with Gasteiger partial charge in [-0.05, 0) is 114 Å². The minimum atomic E-state index is 0.906. The number of hydrogen-bond acceptors (Lipinski definition) is 6. The highest BCUT2D eigenvalue weighted by Gasteiger charge is 2.22. The van der Waals surface area contributed by atoms with E-state index in [1.807, 2.05) is 18.2 Å². The van der Waals surface area contributed by atoms with Crippen LogP contribution >= 0.6 is 0 Å². The smallest absolute Gasteiger partial charge is 0.0978 e. The van der Waals surface area contributed by atoms with Crippen molar-refractivity contribution >= 4 is 120 Å². The van der Waals surface area contributed by atoms with Crippen LogP contribution in [-0.2, 0) is 0 Å². The number of fused-ring (bicyclic) bond motifs is 13. The van der Waals surface area contributed by atoms with Crippen LogP contribution in [0.15, 0.2) is 364 Å². The van der Waals surface area contributed by atoms with Crippen molar-refractivity contribution in [2.75, 3.05) is 0 Å². The van der Waals surface area contributed by atoms with Crippen molar-refractivity contribution in [2.24, 2.45) is 0 Å². The van der Waals surface area contributed by atoms with Crippen LogP contribution in [0.5, 0.6) is 0 Å². The van der Waals surface area contributed by atoms with Crippen LogP contribution in [0.2, 0.25) is 0 Å². The molecular formula is C98H60N6. The summed E-state index contributed by atoms with van der Waals surface area (Å²) in [5, 5.41) is 16.0.